The number of amides is 1. The van der Waals surface area contributed by atoms with Crippen molar-refractivity contribution >= 4 is 11.6 Å². The number of aromatic nitrogens is 3. The minimum atomic E-state index is -4.66. The van der Waals surface area contributed by atoms with Crippen molar-refractivity contribution in [3.05, 3.63) is 41.9 Å². The third-order valence-electron chi connectivity index (χ3n) is 5.11. The molecule has 0 aromatic carbocycles. The summed E-state index contributed by atoms with van der Waals surface area (Å²) in [4.78, 5) is 18.8. The number of carbonyl (C=O) groups is 1. The smallest absolute Gasteiger partial charge is 0.433 e. The largest absolute Gasteiger partial charge is 0.463 e. The van der Waals surface area contributed by atoms with Crippen molar-refractivity contribution in [3.63, 3.8) is 0 Å². The normalized spacial score (nSPS) is 20.7. The zero-order valence-electron chi connectivity index (χ0n) is 15.4. The van der Waals surface area contributed by atoms with Crippen LogP contribution >= 0.6 is 0 Å². The number of hydrogen-bond acceptors (Lipinski definition) is 4. The van der Waals surface area contributed by atoms with E-state index in [-0.39, 0.29) is 34.7 Å². The summed E-state index contributed by atoms with van der Waals surface area (Å²) in [7, 11) is 0. The van der Waals surface area contributed by atoms with Gasteiger partial charge in [-0.1, -0.05) is 6.92 Å². The first-order valence-electron chi connectivity index (χ1n) is 9.07. The van der Waals surface area contributed by atoms with Crippen molar-refractivity contribution in [1.82, 2.24) is 19.5 Å². The topological polar surface area (TPSA) is 63.6 Å². The van der Waals surface area contributed by atoms with Crippen molar-refractivity contribution in [2.45, 2.75) is 38.9 Å². The Morgan fingerprint density at radius 1 is 1.29 bits per heavy atom. The Hall–Kier alpha value is -2.84. The number of rotatable bonds is 2. The second kappa shape index (κ2) is 6.65. The van der Waals surface area contributed by atoms with Gasteiger partial charge in [-0.15, -0.1) is 0 Å². The molecule has 1 saturated heterocycles. The Morgan fingerprint density at radius 2 is 2.07 bits per heavy atom. The van der Waals surface area contributed by atoms with Crippen LogP contribution in [-0.4, -0.2) is 38.0 Å². The number of halogens is 3. The standard InChI is InChI=1S/C19H19F3N4O2/c1-11-5-6-25(12(2)8-11)18(27)14-10-17-23-13(15-4-3-7-28-15)9-16(19(20,21)22)26(17)24-14/h3-4,7,9-12H,5-6,8H2,1-2H3/t11-,12-/m0/s1. The minimum Gasteiger partial charge on any atom is -0.463 e. The van der Waals surface area contributed by atoms with Gasteiger partial charge in [0.25, 0.3) is 5.91 Å². The van der Waals surface area contributed by atoms with Crippen LogP contribution in [0.15, 0.2) is 34.9 Å². The van der Waals surface area contributed by atoms with Gasteiger partial charge in [-0.25, -0.2) is 9.50 Å². The van der Waals surface area contributed by atoms with Gasteiger partial charge in [-0.2, -0.15) is 18.3 Å². The number of fused-ring (bicyclic) bond motifs is 1. The summed E-state index contributed by atoms with van der Waals surface area (Å²) in [6.07, 6.45) is -1.59. The Bertz CT molecular complexity index is 1010. The van der Waals surface area contributed by atoms with Gasteiger partial charge in [0.15, 0.2) is 22.8 Å². The molecular weight excluding hydrogens is 373 g/mol. The maximum Gasteiger partial charge on any atom is 0.433 e. The van der Waals surface area contributed by atoms with Gasteiger partial charge in [-0.05, 0) is 43.9 Å². The molecule has 148 valence electrons. The van der Waals surface area contributed by atoms with Crippen molar-refractivity contribution in [1.29, 1.82) is 0 Å². The van der Waals surface area contributed by atoms with E-state index in [0.29, 0.717) is 17.0 Å². The predicted molar refractivity (Wildman–Crippen MR) is 94.6 cm³/mol. The van der Waals surface area contributed by atoms with E-state index in [1.54, 1.807) is 11.0 Å². The van der Waals surface area contributed by atoms with Crippen LogP contribution in [0.2, 0.25) is 0 Å². The van der Waals surface area contributed by atoms with Crippen LogP contribution in [0.5, 0.6) is 0 Å². The zero-order chi connectivity index (χ0) is 20.1. The van der Waals surface area contributed by atoms with Crippen molar-refractivity contribution < 1.29 is 22.4 Å². The van der Waals surface area contributed by atoms with Gasteiger partial charge in [0.05, 0.1) is 6.26 Å². The molecular formula is C19H19F3N4O2. The molecule has 4 rings (SSSR count). The Balaban J connectivity index is 1.78. The van der Waals surface area contributed by atoms with Gasteiger partial charge >= 0.3 is 6.18 Å². The lowest BCUT2D eigenvalue weighted by Crippen LogP contribution is -2.44. The van der Waals surface area contributed by atoms with E-state index >= 15 is 0 Å². The van der Waals surface area contributed by atoms with Crippen LogP contribution in [0.3, 0.4) is 0 Å². The molecule has 6 nitrogen and oxygen atoms in total. The molecule has 3 aromatic rings. The monoisotopic (exact) mass is 392 g/mol. The molecule has 4 heterocycles. The molecule has 9 heteroatoms. The van der Waals surface area contributed by atoms with E-state index in [9.17, 15) is 18.0 Å². The summed E-state index contributed by atoms with van der Waals surface area (Å²) in [5.41, 5.74) is -1.08. The molecule has 0 saturated carbocycles. The second-order valence-electron chi connectivity index (χ2n) is 7.28. The number of furan rings is 1. The van der Waals surface area contributed by atoms with E-state index in [2.05, 4.69) is 17.0 Å². The highest BCUT2D eigenvalue weighted by molar-refractivity contribution is 5.93. The Morgan fingerprint density at radius 3 is 2.71 bits per heavy atom. The third-order valence-corrected chi connectivity index (χ3v) is 5.11. The summed E-state index contributed by atoms with van der Waals surface area (Å²) in [5, 5.41) is 3.94. The summed E-state index contributed by atoms with van der Waals surface area (Å²) in [6.45, 7) is 4.63. The number of hydrogen-bond donors (Lipinski definition) is 0. The van der Waals surface area contributed by atoms with E-state index in [1.807, 2.05) is 6.92 Å². The summed E-state index contributed by atoms with van der Waals surface area (Å²) in [6, 6.07) is 5.28. The third kappa shape index (κ3) is 3.25. The average Bonchev–Trinajstić information content (AvgIpc) is 3.29. The van der Waals surface area contributed by atoms with E-state index in [1.165, 1.54) is 18.4 Å². The summed E-state index contributed by atoms with van der Waals surface area (Å²) < 4.78 is 46.6. The molecule has 0 radical (unpaired) electrons. The fourth-order valence-corrected chi connectivity index (χ4v) is 3.69. The Labute approximate surface area is 159 Å². The molecule has 0 bridgehead atoms. The second-order valence-corrected chi connectivity index (χ2v) is 7.28. The zero-order valence-corrected chi connectivity index (χ0v) is 15.4. The van der Waals surface area contributed by atoms with Crippen molar-refractivity contribution in [2.75, 3.05) is 6.54 Å². The van der Waals surface area contributed by atoms with E-state index in [4.69, 9.17) is 4.42 Å². The highest BCUT2D eigenvalue weighted by atomic mass is 19.4. The molecule has 0 N–H and O–H groups in total. The molecule has 1 amide bonds. The lowest BCUT2D eigenvalue weighted by Gasteiger charge is -2.36. The highest BCUT2D eigenvalue weighted by Gasteiger charge is 2.36. The van der Waals surface area contributed by atoms with Gasteiger partial charge in [-0.3, -0.25) is 4.79 Å². The SMILES string of the molecule is C[C@H]1CCN(C(=O)c2cc3nc(-c4ccco4)cc(C(F)(F)F)n3n2)[C@@H](C)C1. The van der Waals surface area contributed by atoms with Crippen LogP contribution in [0, 0.1) is 5.92 Å². The maximum absolute atomic E-state index is 13.6. The number of carbonyl (C=O) groups excluding carboxylic acids is 1. The minimum absolute atomic E-state index is 0.00906. The first-order chi connectivity index (χ1) is 13.2. The van der Waals surface area contributed by atoms with Crippen LogP contribution in [0.25, 0.3) is 17.1 Å². The fourth-order valence-electron chi connectivity index (χ4n) is 3.69. The van der Waals surface area contributed by atoms with Gasteiger partial charge in [0.2, 0.25) is 0 Å². The van der Waals surface area contributed by atoms with Gasteiger partial charge < -0.3 is 9.32 Å². The van der Waals surface area contributed by atoms with Crippen molar-refractivity contribution in [3.8, 4) is 11.5 Å². The molecule has 1 fully saturated rings. The van der Waals surface area contributed by atoms with Crippen LogP contribution in [-0.2, 0) is 6.18 Å². The lowest BCUT2D eigenvalue weighted by atomic mass is 9.93. The number of piperidine rings is 1. The fraction of sp³-hybridized carbons (Fsp3) is 0.421. The van der Waals surface area contributed by atoms with E-state index in [0.717, 1.165) is 18.9 Å². The maximum atomic E-state index is 13.6. The molecule has 0 aliphatic carbocycles. The van der Waals surface area contributed by atoms with Gasteiger partial charge in [0, 0.05) is 18.7 Å². The molecule has 0 unspecified atom stereocenters. The first-order valence-corrected chi connectivity index (χ1v) is 9.07. The quantitative estimate of drug-likeness (QED) is 0.653. The van der Waals surface area contributed by atoms with Gasteiger partial charge in [0.1, 0.15) is 5.69 Å². The number of nitrogens with zero attached hydrogens (tertiary/aromatic N) is 4. The number of alkyl halides is 3. The van der Waals surface area contributed by atoms with E-state index < -0.39 is 11.9 Å². The van der Waals surface area contributed by atoms with Crippen LogP contribution in [0.4, 0.5) is 13.2 Å². The summed E-state index contributed by atoms with van der Waals surface area (Å²) >= 11 is 0. The molecule has 3 aromatic heterocycles. The lowest BCUT2D eigenvalue weighted by molar-refractivity contribution is -0.142. The molecule has 0 spiro atoms. The molecule has 1 aliphatic rings. The Kier molecular flexibility index (Phi) is 4.40. The summed E-state index contributed by atoms with van der Waals surface area (Å²) in [5.74, 6) is 0.341. The molecule has 1 aliphatic heterocycles. The van der Waals surface area contributed by atoms with Crippen molar-refractivity contribution in [2.24, 2.45) is 5.92 Å². The number of likely N-dealkylation sites (tertiary alicyclic amines) is 1. The molecule has 28 heavy (non-hydrogen) atoms. The average molecular weight is 392 g/mol. The van der Waals surface area contributed by atoms with Crippen LogP contribution in [0.1, 0.15) is 42.9 Å². The highest BCUT2D eigenvalue weighted by Crippen LogP contribution is 2.33. The van der Waals surface area contributed by atoms with Crippen LogP contribution < -0.4 is 0 Å². The predicted octanol–water partition coefficient (Wildman–Crippen LogP) is 4.27. The molecule has 2 atom stereocenters. The first kappa shape index (κ1) is 18.5.